The molecule has 0 unspecified atom stereocenters. The minimum Gasteiger partial charge on any atom is -0.198 e. The minimum absolute atomic E-state index is 0.360. The summed E-state index contributed by atoms with van der Waals surface area (Å²) < 4.78 is 78.7. The number of hydrogen-bond acceptors (Lipinski definition) is 0. The van der Waals surface area contributed by atoms with Gasteiger partial charge in [-0.25, -0.2) is 0 Å². The highest BCUT2D eigenvalue weighted by atomic mass is 15.0. The number of pyridine rings is 5. The van der Waals surface area contributed by atoms with Gasteiger partial charge >= 0.3 is 0 Å². The van der Waals surface area contributed by atoms with Gasteiger partial charge in [-0.1, -0.05) is 71.8 Å². The molecule has 440 valence electrons. The van der Waals surface area contributed by atoms with Gasteiger partial charge in [0.05, 0.1) is 0 Å². The van der Waals surface area contributed by atoms with Crippen LogP contribution in [0.25, 0.3) is 56.3 Å². The van der Waals surface area contributed by atoms with Crippen LogP contribution in [0.1, 0.15) is 124 Å². The first-order chi connectivity index (χ1) is 43.7. The van der Waals surface area contributed by atoms with Gasteiger partial charge in [-0.15, -0.1) is 0 Å². The molecule has 10 aromatic rings. The molecule has 5 heterocycles. The molecule has 0 fully saturated rings. The Labute approximate surface area is 526 Å². The highest BCUT2D eigenvalue weighted by Crippen LogP contribution is 2.30. The maximum atomic E-state index is 7.65. The summed E-state index contributed by atoms with van der Waals surface area (Å²) >= 11 is 0. The lowest BCUT2D eigenvalue weighted by Gasteiger charge is -2.10. The van der Waals surface area contributed by atoms with E-state index in [2.05, 4.69) is 210 Å². The van der Waals surface area contributed by atoms with E-state index in [9.17, 15) is 0 Å². The summed E-state index contributed by atoms with van der Waals surface area (Å²) in [5.74, 6) is 0. The zero-order valence-corrected chi connectivity index (χ0v) is 55.2. The Morgan fingerprint density at radius 2 is 0.482 bits per heavy atom. The largest absolute Gasteiger partial charge is 0.215 e. The maximum Gasteiger partial charge on any atom is 0.215 e. The van der Waals surface area contributed by atoms with Crippen molar-refractivity contribution in [3.8, 4) is 56.3 Å². The van der Waals surface area contributed by atoms with Crippen molar-refractivity contribution in [2.45, 2.75) is 138 Å². The van der Waals surface area contributed by atoms with E-state index in [1.165, 1.54) is 101 Å². The molecular formula is C80H100N5+5. The second-order valence-corrected chi connectivity index (χ2v) is 23.4. The molecule has 5 aromatic heterocycles. The number of hydrogen-bond donors (Lipinski definition) is 0. The molecule has 5 heteroatoms. The van der Waals surface area contributed by atoms with E-state index >= 15 is 0 Å². The van der Waals surface area contributed by atoms with Crippen molar-refractivity contribution in [2.24, 2.45) is 35.2 Å². The van der Waals surface area contributed by atoms with Crippen LogP contribution in [0.3, 0.4) is 0 Å². The molecule has 0 N–H and O–H groups in total. The molecule has 0 radical (unpaired) electrons. The lowest BCUT2D eigenvalue weighted by molar-refractivity contribution is -0.667. The molecule has 10 rings (SSSR count). The molecule has 5 aromatic carbocycles. The predicted molar refractivity (Wildman–Crippen MR) is 360 cm³/mol. The number of benzene rings is 5. The second kappa shape index (κ2) is 28.6. The van der Waals surface area contributed by atoms with Crippen LogP contribution in [0.4, 0.5) is 0 Å². The highest BCUT2D eigenvalue weighted by molar-refractivity contribution is 5.69. The zero-order chi connectivity index (χ0) is 70.4. The highest BCUT2D eigenvalue weighted by Gasteiger charge is 2.22. The van der Waals surface area contributed by atoms with Crippen LogP contribution in [0.2, 0.25) is 0 Å². The Morgan fingerprint density at radius 3 is 0.765 bits per heavy atom. The molecular weight excluding hydrogens is 1030 g/mol. The SMILES string of the molecule is Cc1ccc(-c2c(C)ccc(C)[n+]2C)c(C)c1.Cc1cccc(-c2c(C)ccc(C)[n+]2C)c1C.[2H]C([2H])([2H])c1ccc(-c2c(C)ccc(C)[n+]2C)c(C)c1.[2H]C([2H])([2H])c1ccc(C)c(-c2cccc(C)c2C)[n+]1C.[2H]C([2H])([2H])c1ccc(C)c(-c2cccc(C)c2C)[n+]1C. The number of aryl methyl sites for hydroxylation is 17. The molecule has 0 aliphatic carbocycles. The molecule has 0 amide bonds. The number of aromatic nitrogens is 5. The van der Waals surface area contributed by atoms with Crippen molar-refractivity contribution in [1.82, 2.24) is 0 Å². The van der Waals surface area contributed by atoms with Crippen molar-refractivity contribution in [2.75, 3.05) is 0 Å². The average Bonchev–Trinajstić information content (AvgIpc) is 0.802. The quantitative estimate of drug-likeness (QED) is 0.153. The van der Waals surface area contributed by atoms with Crippen LogP contribution in [0, 0.1) is 138 Å². The van der Waals surface area contributed by atoms with Gasteiger partial charge in [0.1, 0.15) is 35.2 Å². The summed E-state index contributed by atoms with van der Waals surface area (Å²) in [5.41, 5.74) is 33.7. The van der Waals surface area contributed by atoms with Gasteiger partial charge in [-0.05, 0) is 209 Å². The summed E-state index contributed by atoms with van der Waals surface area (Å²) in [7, 11) is 9.96. The molecule has 0 bridgehead atoms. The zero-order valence-electron chi connectivity index (χ0n) is 64.2. The first-order valence-corrected chi connectivity index (χ1v) is 29.5. The molecule has 0 spiro atoms. The van der Waals surface area contributed by atoms with Crippen LogP contribution in [-0.2, 0) is 35.2 Å². The van der Waals surface area contributed by atoms with Crippen molar-refractivity contribution >= 4 is 0 Å². The van der Waals surface area contributed by atoms with Crippen molar-refractivity contribution in [3.05, 3.63) is 264 Å². The van der Waals surface area contributed by atoms with Crippen LogP contribution in [-0.4, -0.2) is 0 Å². The smallest absolute Gasteiger partial charge is 0.198 e. The van der Waals surface area contributed by atoms with Crippen LogP contribution in [0.15, 0.2) is 152 Å². The summed E-state index contributed by atoms with van der Waals surface area (Å²) in [5, 5.41) is 0. The van der Waals surface area contributed by atoms with Gasteiger partial charge in [0, 0.05) is 133 Å². The van der Waals surface area contributed by atoms with Gasteiger partial charge in [0.2, 0.25) is 28.5 Å². The van der Waals surface area contributed by atoms with E-state index in [4.69, 9.17) is 12.3 Å². The average molecular weight is 1140 g/mol. The Morgan fingerprint density at radius 1 is 0.224 bits per heavy atom. The van der Waals surface area contributed by atoms with Crippen LogP contribution in [0.5, 0.6) is 0 Å². The number of nitrogens with zero attached hydrogens (tertiary/aromatic N) is 5. The molecule has 0 atom stereocenters. The fourth-order valence-electron chi connectivity index (χ4n) is 11.2. The van der Waals surface area contributed by atoms with Gasteiger partial charge in [-0.2, -0.15) is 22.8 Å². The summed E-state index contributed by atoms with van der Waals surface area (Å²) in [6, 6.07) is 50.9. The van der Waals surface area contributed by atoms with Gasteiger partial charge in [-0.3, -0.25) is 0 Å². The summed E-state index contributed by atoms with van der Waals surface area (Å²) in [4.78, 5) is 0. The van der Waals surface area contributed by atoms with Crippen molar-refractivity contribution in [1.29, 1.82) is 0 Å². The van der Waals surface area contributed by atoms with E-state index < -0.39 is 20.6 Å². The van der Waals surface area contributed by atoms with Crippen LogP contribution < -0.4 is 22.8 Å². The first kappa shape index (κ1) is 53.6. The molecule has 85 heavy (non-hydrogen) atoms. The topological polar surface area (TPSA) is 19.4 Å². The summed E-state index contributed by atoms with van der Waals surface area (Å²) in [6.45, 7) is 29.5. The minimum atomic E-state index is -2.10. The fraction of sp³-hybridized carbons (Fsp3) is 0.312. The maximum absolute atomic E-state index is 7.65. The van der Waals surface area contributed by atoms with Crippen LogP contribution >= 0.6 is 0 Å². The molecule has 0 aliphatic heterocycles. The van der Waals surface area contributed by atoms with E-state index in [0.717, 1.165) is 50.5 Å². The van der Waals surface area contributed by atoms with Gasteiger partial charge in [0.25, 0.3) is 0 Å². The van der Waals surface area contributed by atoms with Crippen molar-refractivity contribution < 1.29 is 35.2 Å². The fourth-order valence-corrected chi connectivity index (χ4v) is 11.2. The molecule has 5 nitrogen and oxygen atoms in total. The normalized spacial score (nSPS) is 12.7. The Bertz CT molecular complexity index is 4300. The van der Waals surface area contributed by atoms with E-state index in [0.29, 0.717) is 17.0 Å². The summed E-state index contributed by atoms with van der Waals surface area (Å²) in [6.07, 6.45) is 0. The van der Waals surface area contributed by atoms with E-state index in [1.807, 2.05) is 84.4 Å². The lowest BCUT2D eigenvalue weighted by atomic mass is 9.97. The Kier molecular flexibility index (Phi) is 18.0. The standard InChI is InChI=1S/5C16H20N/c2*1-11-6-9-15(13(3)10-11)16-12(2)7-8-14(4)17(16)5;3*1-11-7-6-8-15(14(11)4)16-12(2)9-10-13(3)17(16)5/h5*6-10H,1-5H3/q5*+1/i1D3;;2*3D3;. The third-order valence-corrected chi connectivity index (χ3v) is 17.3. The van der Waals surface area contributed by atoms with Gasteiger partial charge in [0.15, 0.2) is 28.5 Å². The lowest BCUT2D eigenvalue weighted by Crippen LogP contribution is -2.35. The predicted octanol–water partition coefficient (Wildman–Crippen LogP) is 17.1. The monoisotopic (exact) mass is 1140 g/mol. The molecule has 0 aliphatic rings. The molecule has 0 saturated carbocycles. The number of rotatable bonds is 5. The molecule has 0 saturated heterocycles. The third-order valence-electron chi connectivity index (χ3n) is 17.3. The Balaban J connectivity index is 0.000000187. The van der Waals surface area contributed by atoms with E-state index in [1.54, 1.807) is 33.4 Å². The first-order valence-electron chi connectivity index (χ1n) is 34.0. The van der Waals surface area contributed by atoms with E-state index in [-0.39, 0.29) is 0 Å². The Hall–Kier alpha value is -8.15. The third kappa shape index (κ3) is 15.2. The van der Waals surface area contributed by atoms with Gasteiger partial charge < -0.3 is 0 Å². The second-order valence-electron chi connectivity index (χ2n) is 23.4. The van der Waals surface area contributed by atoms with Crippen molar-refractivity contribution in [3.63, 3.8) is 0 Å².